The van der Waals surface area contributed by atoms with Crippen molar-refractivity contribution in [1.29, 1.82) is 0 Å². The summed E-state index contributed by atoms with van der Waals surface area (Å²) < 4.78 is 25.5. The maximum absolute atomic E-state index is 13.8. The molecular formula is C31H30FNO4. The normalized spacial score (nSPS) is 14.9. The molecule has 1 aliphatic rings. The van der Waals surface area contributed by atoms with Gasteiger partial charge < -0.3 is 14.1 Å². The van der Waals surface area contributed by atoms with Crippen LogP contribution in [0, 0.1) is 19.7 Å². The van der Waals surface area contributed by atoms with Crippen molar-refractivity contribution in [2.75, 3.05) is 6.61 Å². The Bertz CT molecular complexity index is 1510. The summed E-state index contributed by atoms with van der Waals surface area (Å²) in [4.78, 5) is 29.1. The molecule has 0 N–H and O–H groups in total. The Morgan fingerprint density at radius 3 is 2.35 bits per heavy atom. The molecule has 1 aliphatic heterocycles. The summed E-state index contributed by atoms with van der Waals surface area (Å²) >= 11 is 0. The van der Waals surface area contributed by atoms with E-state index in [1.54, 1.807) is 17.0 Å². The van der Waals surface area contributed by atoms with E-state index in [1.165, 1.54) is 12.1 Å². The van der Waals surface area contributed by atoms with E-state index < -0.39 is 6.04 Å². The van der Waals surface area contributed by atoms with Gasteiger partial charge >= 0.3 is 0 Å². The Labute approximate surface area is 215 Å². The molecule has 0 bridgehead atoms. The highest BCUT2D eigenvalue weighted by Crippen LogP contribution is 2.39. The van der Waals surface area contributed by atoms with E-state index in [1.807, 2.05) is 50.2 Å². The topological polar surface area (TPSA) is 59.8 Å². The first-order chi connectivity index (χ1) is 17.9. The quantitative estimate of drug-likeness (QED) is 0.248. The van der Waals surface area contributed by atoms with E-state index in [2.05, 4.69) is 6.92 Å². The number of carbonyl (C=O) groups excluding carboxylic acids is 1. The number of nitrogens with zero attached hydrogens (tertiary/aromatic N) is 1. The van der Waals surface area contributed by atoms with Gasteiger partial charge in [0, 0.05) is 6.54 Å². The van der Waals surface area contributed by atoms with Crippen LogP contribution >= 0.6 is 0 Å². The summed E-state index contributed by atoms with van der Waals surface area (Å²) in [6, 6.07) is 16.6. The molecule has 0 saturated carbocycles. The number of amides is 1. The molecular weight excluding hydrogens is 469 g/mol. The fourth-order valence-corrected chi connectivity index (χ4v) is 4.86. The van der Waals surface area contributed by atoms with Gasteiger partial charge in [-0.3, -0.25) is 9.59 Å². The number of rotatable bonds is 8. The highest BCUT2D eigenvalue weighted by Gasteiger charge is 2.42. The average Bonchev–Trinajstić information content (AvgIpc) is 3.16. The highest BCUT2D eigenvalue weighted by atomic mass is 19.1. The van der Waals surface area contributed by atoms with Gasteiger partial charge in [0.2, 0.25) is 5.76 Å². The molecule has 1 unspecified atom stereocenters. The van der Waals surface area contributed by atoms with Gasteiger partial charge in [-0.1, -0.05) is 44.0 Å². The van der Waals surface area contributed by atoms with Gasteiger partial charge in [0.1, 0.15) is 17.1 Å². The first kappa shape index (κ1) is 24.8. The third-order valence-electron chi connectivity index (χ3n) is 7.06. The molecule has 1 aromatic heterocycles. The lowest BCUT2D eigenvalue weighted by Gasteiger charge is -2.25. The number of hydrogen-bond donors (Lipinski definition) is 0. The van der Waals surface area contributed by atoms with Gasteiger partial charge in [0.15, 0.2) is 5.43 Å². The number of unbranched alkanes of at least 4 members (excludes halogenated alkanes) is 2. The number of ether oxygens (including phenoxy) is 1. The largest absolute Gasteiger partial charge is 0.494 e. The van der Waals surface area contributed by atoms with Gasteiger partial charge in [-0.2, -0.15) is 0 Å². The zero-order chi connectivity index (χ0) is 26.1. The minimum atomic E-state index is -0.635. The summed E-state index contributed by atoms with van der Waals surface area (Å²) in [5.74, 6) is 0.0972. The lowest BCUT2D eigenvalue weighted by molar-refractivity contribution is 0.0714. The number of benzene rings is 3. The summed E-state index contributed by atoms with van der Waals surface area (Å²) in [6.07, 6.45) is 3.22. The molecule has 37 heavy (non-hydrogen) atoms. The molecule has 5 rings (SSSR count). The van der Waals surface area contributed by atoms with E-state index in [9.17, 15) is 14.0 Å². The van der Waals surface area contributed by atoms with Crippen molar-refractivity contribution < 1.29 is 18.3 Å². The van der Waals surface area contributed by atoms with Crippen LogP contribution in [0.25, 0.3) is 11.0 Å². The number of halogens is 1. The molecule has 0 fully saturated rings. The first-order valence-electron chi connectivity index (χ1n) is 12.7. The van der Waals surface area contributed by atoms with Gasteiger partial charge in [-0.05, 0) is 78.9 Å². The number of aryl methyl sites for hydroxylation is 2. The van der Waals surface area contributed by atoms with Crippen molar-refractivity contribution in [3.8, 4) is 5.75 Å². The number of fused-ring (bicyclic) bond motifs is 2. The standard InChI is InChI=1S/C31H30FNO4/c1-4-5-6-15-36-24-13-9-22(10-14-24)28-27-29(34)25-16-19(2)20(3)17-26(25)37-30(27)31(35)33(28)18-21-7-11-23(32)12-8-21/h7-14,16-17,28H,4-6,15,18H2,1-3H3. The molecule has 190 valence electrons. The second-order valence-corrected chi connectivity index (χ2v) is 9.69. The van der Waals surface area contributed by atoms with Crippen LogP contribution in [0.5, 0.6) is 5.75 Å². The van der Waals surface area contributed by atoms with Crippen LogP contribution in [0.1, 0.15) is 70.6 Å². The van der Waals surface area contributed by atoms with Crippen LogP contribution in [-0.4, -0.2) is 17.4 Å². The van der Waals surface area contributed by atoms with Crippen molar-refractivity contribution in [2.24, 2.45) is 0 Å². The molecule has 3 aromatic carbocycles. The molecule has 0 radical (unpaired) electrons. The second-order valence-electron chi connectivity index (χ2n) is 9.69. The molecule has 1 amide bonds. The lowest BCUT2D eigenvalue weighted by Crippen LogP contribution is -2.29. The predicted molar refractivity (Wildman–Crippen MR) is 142 cm³/mol. The third kappa shape index (κ3) is 4.76. The molecule has 1 atom stereocenters. The van der Waals surface area contributed by atoms with Gasteiger partial charge in [0.05, 0.1) is 23.6 Å². The van der Waals surface area contributed by atoms with Crippen LogP contribution < -0.4 is 10.2 Å². The van der Waals surface area contributed by atoms with E-state index in [0.29, 0.717) is 23.1 Å². The first-order valence-corrected chi connectivity index (χ1v) is 12.7. The van der Waals surface area contributed by atoms with Crippen LogP contribution in [0.2, 0.25) is 0 Å². The Morgan fingerprint density at radius 1 is 0.946 bits per heavy atom. The zero-order valence-electron chi connectivity index (χ0n) is 21.3. The zero-order valence-corrected chi connectivity index (χ0v) is 21.3. The Morgan fingerprint density at radius 2 is 1.65 bits per heavy atom. The van der Waals surface area contributed by atoms with Crippen molar-refractivity contribution in [3.63, 3.8) is 0 Å². The van der Waals surface area contributed by atoms with E-state index in [4.69, 9.17) is 9.15 Å². The Kier molecular flexibility index (Phi) is 6.83. The predicted octanol–water partition coefficient (Wildman–Crippen LogP) is 6.86. The molecule has 5 nitrogen and oxygen atoms in total. The Hall–Kier alpha value is -3.93. The maximum atomic E-state index is 13.8. The van der Waals surface area contributed by atoms with Crippen LogP contribution in [0.15, 0.2) is 69.9 Å². The molecule has 0 saturated heterocycles. The maximum Gasteiger partial charge on any atom is 0.291 e. The summed E-state index contributed by atoms with van der Waals surface area (Å²) in [5.41, 5.74) is 4.03. The van der Waals surface area contributed by atoms with Crippen molar-refractivity contribution in [2.45, 2.75) is 52.6 Å². The summed E-state index contributed by atoms with van der Waals surface area (Å²) in [7, 11) is 0. The monoisotopic (exact) mass is 499 g/mol. The van der Waals surface area contributed by atoms with Gasteiger partial charge in [-0.15, -0.1) is 0 Å². The van der Waals surface area contributed by atoms with Crippen LogP contribution in [0.4, 0.5) is 4.39 Å². The molecule has 0 aliphatic carbocycles. The van der Waals surface area contributed by atoms with Crippen molar-refractivity contribution in [1.82, 2.24) is 4.90 Å². The van der Waals surface area contributed by atoms with Crippen molar-refractivity contribution in [3.05, 3.63) is 110 Å². The van der Waals surface area contributed by atoms with E-state index >= 15 is 0 Å². The third-order valence-corrected chi connectivity index (χ3v) is 7.06. The highest BCUT2D eigenvalue weighted by molar-refractivity contribution is 5.99. The lowest BCUT2D eigenvalue weighted by atomic mass is 9.97. The minimum Gasteiger partial charge on any atom is -0.494 e. The summed E-state index contributed by atoms with van der Waals surface area (Å²) in [6.45, 7) is 6.89. The second kappa shape index (κ2) is 10.2. The average molecular weight is 500 g/mol. The molecule has 2 heterocycles. The van der Waals surface area contributed by atoms with Crippen LogP contribution in [0.3, 0.4) is 0 Å². The summed E-state index contributed by atoms with van der Waals surface area (Å²) in [5, 5.41) is 0.458. The number of carbonyl (C=O) groups is 1. The molecule has 0 spiro atoms. The van der Waals surface area contributed by atoms with E-state index in [-0.39, 0.29) is 29.5 Å². The Balaban J connectivity index is 1.58. The van der Waals surface area contributed by atoms with E-state index in [0.717, 1.165) is 47.3 Å². The minimum absolute atomic E-state index is 0.0627. The fourth-order valence-electron chi connectivity index (χ4n) is 4.86. The smallest absolute Gasteiger partial charge is 0.291 e. The van der Waals surface area contributed by atoms with Crippen LogP contribution in [-0.2, 0) is 6.54 Å². The fraction of sp³-hybridized carbons (Fsp3) is 0.290. The molecule has 6 heteroatoms. The number of hydrogen-bond acceptors (Lipinski definition) is 4. The molecule has 4 aromatic rings. The van der Waals surface area contributed by atoms with Gasteiger partial charge in [0.25, 0.3) is 5.91 Å². The van der Waals surface area contributed by atoms with Crippen molar-refractivity contribution >= 4 is 16.9 Å². The van der Waals surface area contributed by atoms with Gasteiger partial charge in [-0.25, -0.2) is 4.39 Å². The SMILES string of the molecule is CCCCCOc1ccc(C2c3c(oc4cc(C)c(C)cc4c3=O)C(=O)N2Cc2ccc(F)cc2)cc1.